The minimum Gasteiger partial charge on any atom is -0.427 e. The van der Waals surface area contributed by atoms with Gasteiger partial charge in [0.1, 0.15) is 11.5 Å². The number of rotatable bonds is 5. The van der Waals surface area contributed by atoms with Crippen LogP contribution in [0.15, 0.2) is 60.7 Å². The molecule has 0 saturated heterocycles. The van der Waals surface area contributed by atoms with Gasteiger partial charge in [-0.25, -0.2) is 4.67 Å². The van der Waals surface area contributed by atoms with E-state index in [0.717, 1.165) is 11.5 Å². The zero-order chi connectivity index (χ0) is 12.8. The lowest BCUT2D eigenvalue weighted by Crippen LogP contribution is -2.12. The summed E-state index contributed by atoms with van der Waals surface area (Å²) in [6.07, 6.45) is 0. The molecule has 0 atom stereocenters. The van der Waals surface area contributed by atoms with Crippen LogP contribution in [0.2, 0.25) is 0 Å². The van der Waals surface area contributed by atoms with E-state index in [4.69, 9.17) is 9.05 Å². The Morgan fingerprint density at radius 3 is 1.44 bits per heavy atom. The molecule has 0 saturated carbocycles. The van der Waals surface area contributed by atoms with Crippen LogP contribution in [0.3, 0.4) is 0 Å². The molecule has 0 aromatic heterocycles. The first kappa shape index (κ1) is 12.9. The van der Waals surface area contributed by atoms with Crippen molar-refractivity contribution in [3.8, 4) is 11.5 Å². The fourth-order valence-corrected chi connectivity index (χ4v) is 2.29. The second-order valence-electron chi connectivity index (χ2n) is 3.89. The quantitative estimate of drug-likeness (QED) is 0.761. The van der Waals surface area contributed by atoms with Gasteiger partial charge in [-0.3, -0.25) is 0 Å². The van der Waals surface area contributed by atoms with E-state index in [-0.39, 0.29) is 0 Å². The van der Waals surface area contributed by atoms with Gasteiger partial charge in [-0.1, -0.05) is 36.4 Å². The van der Waals surface area contributed by atoms with Gasteiger partial charge < -0.3 is 9.05 Å². The standard InChI is InChI=1S/C14H16NO2P/c1-15(2)18(16-13-9-5-3-6-10-13)17-14-11-7-4-8-12-14/h3-12H,1-2H3. The number of hydrogen-bond donors (Lipinski definition) is 0. The molecule has 0 unspecified atom stereocenters. The van der Waals surface area contributed by atoms with Crippen LogP contribution in [-0.2, 0) is 0 Å². The number of hydrogen-bond acceptors (Lipinski definition) is 3. The van der Waals surface area contributed by atoms with E-state index < -0.39 is 8.53 Å². The Morgan fingerprint density at radius 2 is 1.11 bits per heavy atom. The molecule has 94 valence electrons. The van der Waals surface area contributed by atoms with Crippen molar-refractivity contribution in [2.45, 2.75) is 0 Å². The van der Waals surface area contributed by atoms with Crippen LogP contribution in [0.25, 0.3) is 0 Å². The van der Waals surface area contributed by atoms with Crippen molar-refractivity contribution in [2.75, 3.05) is 14.1 Å². The van der Waals surface area contributed by atoms with Crippen LogP contribution in [0.1, 0.15) is 0 Å². The second-order valence-corrected chi connectivity index (χ2v) is 5.53. The molecule has 0 aliphatic rings. The van der Waals surface area contributed by atoms with E-state index in [0.29, 0.717) is 0 Å². The monoisotopic (exact) mass is 261 g/mol. The molecule has 3 nitrogen and oxygen atoms in total. The number of benzene rings is 2. The molecule has 4 heteroatoms. The molecule has 0 aliphatic carbocycles. The highest BCUT2D eigenvalue weighted by molar-refractivity contribution is 7.45. The molecule has 0 heterocycles. The maximum atomic E-state index is 5.85. The topological polar surface area (TPSA) is 21.7 Å². The lowest BCUT2D eigenvalue weighted by molar-refractivity contribution is 0.419. The number of nitrogens with zero attached hydrogens (tertiary/aromatic N) is 1. The minimum atomic E-state index is -1.14. The summed E-state index contributed by atoms with van der Waals surface area (Å²) < 4.78 is 13.6. The van der Waals surface area contributed by atoms with Crippen LogP contribution in [0, 0.1) is 0 Å². The lowest BCUT2D eigenvalue weighted by atomic mass is 10.3. The highest BCUT2D eigenvalue weighted by Gasteiger charge is 2.17. The van der Waals surface area contributed by atoms with Crippen LogP contribution < -0.4 is 9.05 Å². The van der Waals surface area contributed by atoms with Crippen LogP contribution >= 0.6 is 8.53 Å². The molecule has 0 N–H and O–H groups in total. The molecule has 0 amide bonds. The van der Waals surface area contributed by atoms with Crippen molar-refractivity contribution in [2.24, 2.45) is 0 Å². The van der Waals surface area contributed by atoms with Gasteiger partial charge in [0, 0.05) is 0 Å². The normalized spacial score (nSPS) is 10.7. The van der Waals surface area contributed by atoms with Gasteiger partial charge in [0.25, 0.3) is 0 Å². The van der Waals surface area contributed by atoms with Crippen LogP contribution in [0.5, 0.6) is 11.5 Å². The first-order valence-electron chi connectivity index (χ1n) is 5.69. The van der Waals surface area contributed by atoms with E-state index in [1.54, 1.807) is 0 Å². The molecule has 18 heavy (non-hydrogen) atoms. The molecule has 0 aliphatic heterocycles. The summed E-state index contributed by atoms with van der Waals surface area (Å²) in [6, 6.07) is 19.4. The summed E-state index contributed by atoms with van der Waals surface area (Å²) >= 11 is 0. The summed E-state index contributed by atoms with van der Waals surface area (Å²) in [5.74, 6) is 1.63. The summed E-state index contributed by atoms with van der Waals surface area (Å²) in [5, 5.41) is 0. The Kier molecular flexibility index (Phi) is 4.57. The maximum absolute atomic E-state index is 5.85. The summed E-state index contributed by atoms with van der Waals surface area (Å²) in [5.41, 5.74) is 0. The molecule has 2 aromatic rings. The van der Waals surface area contributed by atoms with E-state index >= 15 is 0 Å². The third-order valence-electron chi connectivity index (χ3n) is 2.18. The van der Waals surface area contributed by atoms with Gasteiger partial charge in [-0.2, -0.15) is 0 Å². The van der Waals surface area contributed by atoms with Gasteiger partial charge >= 0.3 is 8.53 Å². The van der Waals surface area contributed by atoms with Crippen LogP contribution in [-0.4, -0.2) is 18.8 Å². The zero-order valence-electron chi connectivity index (χ0n) is 10.5. The highest BCUT2D eigenvalue weighted by Crippen LogP contribution is 2.41. The Labute approximate surface area is 109 Å². The van der Waals surface area contributed by atoms with Gasteiger partial charge in [0.15, 0.2) is 0 Å². The van der Waals surface area contributed by atoms with E-state index in [9.17, 15) is 0 Å². The van der Waals surface area contributed by atoms with Crippen molar-refractivity contribution < 1.29 is 9.05 Å². The predicted molar refractivity (Wildman–Crippen MR) is 74.7 cm³/mol. The molecule has 2 aromatic carbocycles. The van der Waals surface area contributed by atoms with E-state index in [2.05, 4.69) is 0 Å². The molecule has 2 rings (SSSR count). The predicted octanol–water partition coefficient (Wildman–Crippen LogP) is 3.93. The van der Waals surface area contributed by atoms with Gasteiger partial charge in [0.05, 0.1) is 0 Å². The Hall–Kier alpha value is -1.57. The van der Waals surface area contributed by atoms with E-state index in [1.165, 1.54) is 0 Å². The fourth-order valence-electron chi connectivity index (χ4n) is 1.32. The smallest absolute Gasteiger partial charge is 0.383 e. The van der Waals surface area contributed by atoms with Gasteiger partial charge in [-0.05, 0) is 38.4 Å². The lowest BCUT2D eigenvalue weighted by Gasteiger charge is -2.22. The molecule has 0 radical (unpaired) electrons. The average molecular weight is 261 g/mol. The Bertz CT molecular complexity index is 420. The third-order valence-corrected chi connectivity index (χ3v) is 3.57. The molecule has 0 fully saturated rings. The minimum absolute atomic E-state index is 0.813. The van der Waals surface area contributed by atoms with Crippen molar-refractivity contribution in [1.29, 1.82) is 0 Å². The largest absolute Gasteiger partial charge is 0.427 e. The first-order chi connectivity index (χ1) is 8.75. The fraction of sp³-hybridized carbons (Fsp3) is 0.143. The maximum Gasteiger partial charge on any atom is 0.383 e. The molecular formula is C14H16NO2P. The summed E-state index contributed by atoms with van der Waals surface area (Å²) in [6.45, 7) is 0. The molecular weight excluding hydrogens is 245 g/mol. The van der Waals surface area contributed by atoms with Crippen LogP contribution in [0.4, 0.5) is 0 Å². The first-order valence-corrected chi connectivity index (χ1v) is 6.82. The van der Waals surface area contributed by atoms with Crippen molar-refractivity contribution in [3.63, 3.8) is 0 Å². The van der Waals surface area contributed by atoms with Gasteiger partial charge in [0.2, 0.25) is 0 Å². The Morgan fingerprint density at radius 1 is 0.722 bits per heavy atom. The second kappa shape index (κ2) is 6.39. The zero-order valence-corrected chi connectivity index (χ0v) is 11.4. The van der Waals surface area contributed by atoms with Crippen molar-refractivity contribution >= 4 is 8.53 Å². The highest BCUT2D eigenvalue weighted by atomic mass is 31.2. The number of para-hydroxylation sites is 2. The van der Waals surface area contributed by atoms with Crippen molar-refractivity contribution in [1.82, 2.24) is 4.67 Å². The average Bonchev–Trinajstić information content (AvgIpc) is 2.40. The van der Waals surface area contributed by atoms with Gasteiger partial charge in [-0.15, -0.1) is 0 Å². The molecule has 0 spiro atoms. The third kappa shape index (κ3) is 3.73. The SMILES string of the molecule is CN(C)P(Oc1ccccc1)Oc1ccccc1. The summed E-state index contributed by atoms with van der Waals surface area (Å²) in [7, 11) is 2.75. The van der Waals surface area contributed by atoms with Crippen molar-refractivity contribution in [3.05, 3.63) is 60.7 Å². The summed E-state index contributed by atoms with van der Waals surface area (Å²) in [4.78, 5) is 0. The Balaban J connectivity index is 2.05. The van der Waals surface area contributed by atoms with E-state index in [1.807, 2.05) is 79.4 Å². The molecule has 0 bridgehead atoms.